The molecule has 1 aliphatic heterocycles. The number of hydrogen-bond acceptors (Lipinski definition) is 3. The van der Waals surface area contributed by atoms with Crippen LogP contribution in [-0.4, -0.2) is 42.4 Å². The number of carbonyl (C=O) groups excluding carboxylic acids is 1. The number of alkyl halides is 3. The third-order valence-electron chi connectivity index (χ3n) is 3.93. The van der Waals surface area contributed by atoms with E-state index in [4.69, 9.17) is 27.9 Å². The third-order valence-corrected chi connectivity index (χ3v) is 4.53. The fourth-order valence-electron chi connectivity index (χ4n) is 2.77. The Morgan fingerprint density at radius 3 is 2.22 bits per heavy atom. The maximum absolute atomic E-state index is 13.6. The number of halogens is 5. The maximum atomic E-state index is 13.6. The van der Waals surface area contributed by atoms with Gasteiger partial charge in [0.15, 0.2) is 0 Å². The van der Waals surface area contributed by atoms with Gasteiger partial charge in [-0.1, -0.05) is 23.2 Å². The van der Waals surface area contributed by atoms with Gasteiger partial charge in [0.05, 0.1) is 10.0 Å². The van der Waals surface area contributed by atoms with Crippen molar-refractivity contribution in [1.29, 1.82) is 0 Å². The number of nitrogens with zero attached hydrogens (tertiary/aromatic N) is 1. The van der Waals surface area contributed by atoms with Crippen LogP contribution in [0.25, 0.3) is 5.57 Å². The van der Waals surface area contributed by atoms with E-state index in [1.54, 1.807) is 40.0 Å². The maximum Gasteiger partial charge on any atom is 0.412 e. The van der Waals surface area contributed by atoms with Crippen LogP contribution in [0.2, 0.25) is 10.0 Å². The zero-order valence-corrected chi connectivity index (χ0v) is 16.9. The third kappa shape index (κ3) is 5.23. The molecule has 150 valence electrons. The van der Waals surface area contributed by atoms with Gasteiger partial charge in [0, 0.05) is 24.8 Å². The number of ether oxygens (including phenoxy) is 1. The molecule has 1 N–H and O–H groups in total. The fraction of sp³-hybridized carbons (Fsp3) is 0.500. The Balaban J connectivity index is 2.44. The molecule has 0 aromatic heterocycles. The Morgan fingerprint density at radius 2 is 1.78 bits per heavy atom. The summed E-state index contributed by atoms with van der Waals surface area (Å²) in [4.78, 5) is 12.9. The predicted octanol–water partition coefficient (Wildman–Crippen LogP) is 5.99. The lowest BCUT2D eigenvalue weighted by Crippen LogP contribution is -2.51. The van der Waals surface area contributed by atoms with Crippen LogP contribution in [0.4, 0.5) is 23.7 Å². The fourth-order valence-corrected chi connectivity index (χ4v) is 3.50. The van der Waals surface area contributed by atoms with Gasteiger partial charge in [-0.05, 0) is 51.0 Å². The second-order valence-electron chi connectivity index (χ2n) is 7.17. The Hall–Kier alpha value is -1.60. The molecule has 1 heterocycles. The molecule has 0 saturated carbocycles. The molecule has 1 aliphatic rings. The molecule has 0 aliphatic carbocycles. The van der Waals surface area contributed by atoms with Crippen LogP contribution in [0.5, 0.6) is 0 Å². The average Bonchev–Trinajstić information content (AvgIpc) is 2.51. The van der Waals surface area contributed by atoms with Crippen molar-refractivity contribution in [2.75, 3.05) is 18.9 Å². The van der Waals surface area contributed by atoms with E-state index in [9.17, 15) is 18.0 Å². The number of carbonyl (C=O) groups is 1. The molecule has 0 bridgehead atoms. The SMILES string of the molecule is CNc1cc(Cl)c(C2=CC(C(F)(F)F)N(C(=O)OC(C)(C)C)CC2)c(Cl)c1. The van der Waals surface area contributed by atoms with Gasteiger partial charge in [0.25, 0.3) is 0 Å². The monoisotopic (exact) mass is 424 g/mol. The molecule has 1 atom stereocenters. The molecule has 0 fully saturated rings. The summed E-state index contributed by atoms with van der Waals surface area (Å²) in [5.74, 6) is 0. The summed E-state index contributed by atoms with van der Waals surface area (Å²) in [7, 11) is 1.68. The second-order valence-corrected chi connectivity index (χ2v) is 7.98. The Bertz CT molecular complexity index is 735. The van der Waals surface area contributed by atoms with Crippen LogP contribution in [-0.2, 0) is 4.74 Å². The molecule has 0 saturated heterocycles. The second kappa shape index (κ2) is 7.80. The summed E-state index contributed by atoms with van der Waals surface area (Å²) in [5, 5.41) is 3.36. The van der Waals surface area contributed by atoms with E-state index >= 15 is 0 Å². The van der Waals surface area contributed by atoms with E-state index in [2.05, 4.69) is 5.32 Å². The number of anilines is 1. The van der Waals surface area contributed by atoms with Crippen molar-refractivity contribution in [2.24, 2.45) is 0 Å². The number of nitrogens with one attached hydrogen (secondary N) is 1. The number of amides is 1. The summed E-state index contributed by atoms with van der Waals surface area (Å²) in [6.45, 7) is 4.64. The summed E-state index contributed by atoms with van der Waals surface area (Å²) in [6, 6.07) is 1.06. The van der Waals surface area contributed by atoms with E-state index in [1.165, 1.54) is 0 Å². The van der Waals surface area contributed by atoms with Gasteiger partial charge < -0.3 is 10.1 Å². The summed E-state index contributed by atoms with van der Waals surface area (Å²) >= 11 is 12.5. The van der Waals surface area contributed by atoms with Crippen LogP contribution in [0, 0.1) is 0 Å². The van der Waals surface area contributed by atoms with Gasteiger partial charge in [-0.15, -0.1) is 0 Å². The molecule has 1 amide bonds. The van der Waals surface area contributed by atoms with Gasteiger partial charge in [-0.2, -0.15) is 13.2 Å². The molecule has 9 heteroatoms. The lowest BCUT2D eigenvalue weighted by Gasteiger charge is -2.36. The minimum Gasteiger partial charge on any atom is -0.444 e. The highest BCUT2D eigenvalue weighted by Gasteiger charge is 2.47. The first-order valence-electron chi connectivity index (χ1n) is 8.27. The van der Waals surface area contributed by atoms with Gasteiger partial charge in [-0.3, -0.25) is 4.90 Å². The zero-order valence-electron chi connectivity index (χ0n) is 15.4. The first-order valence-corrected chi connectivity index (χ1v) is 9.03. The zero-order chi connectivity index (χ0) is 20.6. The lowest BCUT2D eigenvalue weighted by atomic mass is 9.95. The summed E-state index contributed by atoms with van der Waals surface area (Å²) < 4.78 is 46.0. The van der Waals surface area contributed by atoms with Crippen molar-refractivity contribution in [1.82, 2.24) is 4.90 Å². The molecule has 0 radical (unpaired) electrons. The molecule has 1 aromatic carbocycles. The largest absolute Gasteiger partial charge is 0.444 e. The van der Waals surface area contributed by atoms with Crippen molar-refractivity contribution < 1.29 is 22.7 Å². The van der Waals surface area contributed by atoms with E-state index in [1.807, 2.05) is 0 Å². The highest BCUT2D eigenvalue weighted by molar-refractivity contribution is 6.38. The van der Waals surface area contributed by atoms with Crippen LogP contribution in [0.1, 0.15) is 32.8 Å². The normalized spacial score (nSPS) is 18.2. The van der Waals surface area contributed by atoms with Crippen LogP contribution < -0.4 is 5.32 Å². The van der Waals surface area contributed by atoms with Gasteiger partial charge in [-0.25, -0.2) is 4.79 Å². The van der Waals surface area contributed by atoms with Gasteiger partial charge >= 0.3 is 12.3 Å². The van der Waals surface area contributed by atoms with Crippen molar-refractivity contribution in [3.8, 4) is 0 Å². The van der Waals surface area contributed by atoms with E-state index in [0.717, 1.165) is 6.08 Å². The molecule has 2 rings (SSSR count). The van der Waals surface area contributed by atoms with Crippen molar-refractivity contribution in [2.45, 2.75) is 45.0 Å². The quantitative estimate of drug-likeness (QED) is 0.633. The molecule has 1 unspecified atom stereocenters. The smallest absolute Gasteiger partial charge is 0.412 e. The van der Waals surface area contributed by atoms with Crippen LogP contribution in [0.3, 0.4) is 0 Å². The Morgan fingerprint density at radius 1 is 1.22 bits per heavy atom. The standard InChI is InChI=1S/C18H21Cl2F3N2O2/c1-17(2,3)27-16(26)25-6-5-10(7-14(25)18(21,22)23)15-12(19)8-11(24-4)9-13(15)20/h7-9,14,24H,5-6H2,1-4H3. The Labute approximate surface area is 166 Å². The lowest BCUT2D eigenvalue weighted by molar-refractivity contribution is -0.168. The number of hydrogen-bond donors (Lipinski definition) is 1. The van der Waals surface area contributed by atoms with Crippen molar-refractivity contribution in [3.63, 3.8) is 0 Å². The summed E-state index contributed by atoms with van der Waals surface area (Å²) in [5.41, 5.74) is 0.436. The molecular formula is C18H21Cl2F3N2O2. The molecule has 27 heavy (non-hydrogen) atoms. The van der Waals surface area contributed by atoms with E-state index < -0.39 is 23.9 Å². The highest BCUT2D eigenvalue weighted by atomic mass is 35.5. The molecular weight excluding hydrogens is 404 g/mol. The van der Waals surface area contributed by atoms with E-state index in [0.29, 0.717) is 21.7 Å². The van der Waals surface area contributed by atoms with Crippen molar-refractivity contribution >= 4 is 40.6 Å². The minimum absolute atomic E-state index is 0.161. The average molecular weight is 425 g/mol. The number of rotatable bonds is 2. The van der Waals surface area contributed by atoms with Gasteiger partial charge in [0.1, 0.15) is 11.6 Å². The highest BCUT2D eigenvalue weighted by Crippen LogP contribution is 2.40. The van der Waals surface area contributed by atoms with E-state index in [-0.39, 0.29) is 23.0 Å². The number of benzene rings is 1. The molecule has 0 spiro atoms. The Kier molecular flexibility index (Phi) is 6.26. The van der Waals surface area contributed by atoms with Crippen molar-refractivity contribution in [3.05, 3.63) is 33.8 Å². The minimum atomic E-state index is -4.66. The molecule has 1 aromatic rings. The van der Waals surface area contributed by atoms with Gasteiger partial charge in [0.2, 0.25) is 0 Å². The van der Waals surface area contributed by atoms with Crippen LogP contribution >= 0.6 is 23.2 Å². The first kappa shape index (κ1) is 21.7. The molecule has 4 nitrogen and oxygen atoms in total. The predicted molar refractivity (Wildman–Crippen MR) is 101 cm³/mol. The topological polar surface area (TPSA) is 41.6 Å². The van der Waals surface area contributed by atoms with Crippen LogP contribution in [0.15, 0.2) is 18.2 Å². The first-order chi connectivity index (χ1) is 12.3. The summed E-state index contributed by atoms with van der Waals surface area (Å²) in [6.07, 6.45) is -4.52.